The van der Waals surface area contributed by atoms with Crippen molar-refractivity contribution in [3.05, 3.63) is 17.4 Å². The normalized spacial score (nSPS) is 11.1. The first kappa shape index (κ1) is 15.4. The second-order valence-electron chi connectivity index (χ2n) is 4.22. The number of carbonyl (C=O) groups is 2. The predicted molar refractivity (Wildman–Crippen MR) is 70.9 cm³/mol. The van der Waals surface area contributed by atoms with Crippen molar-refractivity contribution in [2.75, 3.05) is 5.32 Å². The highest BCUT2D eigenvalue weighted by molar-refractivity contribution is 6.29. The molecule has 1 amide bonds. The summed E-state index contributed by atoms with van der Waals surface area (Å²) < 4.78 is 0. The number of carboxylic acid groups (broad SMARTS) is 1. The Bertz CT molecular complexity index is 475. The number of carbonyl (C=O) groups excluding carboxylic acids is 1. The Balaban J connectivity index is 2.76. The van der Waals surface area contributed by atoms with E-state index in [4.69, 9.17) is 11.6 Å². The van der Waals surface area contributed by atoms with Gasteiger partial charge in [-0.15, -0.1) is 0 Å². The Labute approximate surface area is 116 Å². The van der Waals surface area contributed by atoms with Gasteiger partial charge in [0.15, 0.2) is 0 Å². The van der Waals surface area contributed by atoms with Crippen molar-refractivity contribution in [3.63, 3.8) is 0 Å². The molecule has 0 unspecified atom stereocenters. The molecule has 0 spiro atoms. The van der Waals surface area contributed by atoms with Crippen LogP contribution in [0.4, 0.5) is 5.95 Å². The highest BCUT2D eigenvalue weighted by Crippen LogP contribution is 2.31. The van der Waals surface area contributed by atoms with Gasteiger partial charge in [0.05, 0.1) is 5.41 Å². The second kappa shape index (κ2) is 6.47. The van der Waals surface area contributed by atoms with E-state index in [0.717, 1.165) is 0 Å². The number of halogens is 1. The average molecular weight is 286 g/mol. The van der Waals surface area contributed by atoms with E-state index in [1.165, 1.54) is 12.3 Å². The summed E-state index contributed by atoms with van der Waals surface area (Å²) in [6.07, 6.45) is 2.05. The topological polar surface area (TPSA) is 92.2 Å². The maximum atomic E-state index is 11.9. The van der Waals surface area contributed by atoms with E-state index in [1.54, 1.807) is 13.8 Å². The van der Waals surface area contributed by atoms with Crippen molar-refractivity contribution in [1.82, 2.24) is 9.97 Å². The van der Waals surface area contributed by atoms with Gasteiger partial charge in [0.25, 0.3) is 0 Å². The molecule has 0 radical (unpaired) electrons. The van der Waals surface area contributed by atoms with Gasteiger partial charge in [-0.2, -0.15) is 0 Å². The van der Waals surface area contributed by atoms with E-state index in [0.29, 0.717) is 12.8 Å². The number of amides is 1. The monoisotopic (exact) mass is 285 g/mol. The molecule has 0 aromatic carbocycles. The largest absolute Gasteiger partial charge is 0.481 e. The van der Waals surface area contributed by atoms with Crippen LogP contribution < -0.4 is 5.32 Å². The van der Waals surface area contributed by atoms with Crippen LogP contribution in [0.25, 0.3) is 0 Å². The molecular formula is C12H16ClN3O3. The number of nitrogens with zero attached hydrogens (tertiary/aromatic N) is 2. The summed E-state index contributed by atoms with van der Waals surface area (Å²) in [4.78, 5) is 30.8. The van der Waals surface area contributed by atoms with Gasteiger partial charge in [-0.25, -0.2) is 9.97 Å². The number of hydrogen-bond acceptors (Lipinski definition) is 4. The number of anilines is 1. The summed E-state index contributed by atoms with van der Waals surface area (Å²) in [7, 11) is 0. The molecule has 7 heteroatoms. The Kier molecular flexibility index (Phi) is 5.23. The van der Waals surface area contributed by atoms with Crippen molar-refractivity contribution < 1.29 is 14.7 Å². The van der Waals surface area contributed by atoms with Crippen LogP contribution in [0.2, 0.25) is 5.15 Å². The number of hydrogen-bond donors (Lipinski definition) is 2. The van der Waals surface area contributed by atoms with Gasteiger partial charge >= 0.3 is 5.97 Å². The molecule has 2 N–H and O–H groups in total. The van der Waals surface area contributed by atoms with Crippen LogP contribution >= 0.6 is 11.6 Å². The van der Waals surface area contributed by atoms with Crippen molar-refractivity contribution in [3.8, 4) is 0 Å². The zero-order valence-corrected chi connectivity index (χ0v) is 11.6. The Morgan fingerprint density at radius 1 is 1.42 bits per heavy atom. The summed E-state index contributed by atoms with van der Waals surface area (Å²) in [5.41, 5.74) is -1.05. The maximum Gasteiger partial charge on any atom is 0.310 e. The number of aromatic nitrogens is 2. The molecule has 1 heterocycles. The van der Waals surface area contributed by atoms with E-state index < -0.39 is 17.3 Å². The van der Waals surface area contributed by atoms with Crippen molar-refractivity contribution in [2.24, 2.45) is 5.41 Å². The Hall–Kier alpha value is -1.69. The van der Waals surface area contributed by atoms with Crippen molar-refractivity contribution >= 4 is 29.4 Å². The molecule has 1 rings (SSSR count). The average Bonchev–Trinajstić information content (AvgIpc) is 2.35. The highest BCUT2D eigenvalue weighted by atomic mass is 35.5. The highest BCUT2D eigenvalue weighted by Gasteiger charge is 2.37. The second-order valence-corrected chi connectivity index (χ2v) is 4.61. The van der Waals surface area contributed by atoms with Gasteiger partial charge in [-0.05, 0) is 18.9 Å². The van der Waals surface area contributed by atoms with Gasteiger partial charge in [0.1, 0.15) is 5.15 Å². The molecule has 1 aromatic rings. The van der Waals surface area contributed by atoms with Crippen LogP contribution in [-0.4, -0.2) is 27.0 Å². The number of rotatable bonds is 6. The van der Waals surface area contributed by atoms with Crippen LogP contribution in [0.3, 0.4) is 0 Å². The Morgan fingerprint density at radius 3 is 2.53 bits per heavy atom. The minimum atomic E-state index is -1.05. The van der Waals surface area contributed by atoms with Gasteiger partial charge in [0.2, 0.25) is 11.9 Å². The summed E-state index contributed by atoms with van der Waals surface area (Å²) in [5, 5.41) is 11.9. The van der Waals surface area contributed by atoms with E-state index in [9.17, 15) is 14.7 Å². The minimum Gasteiger partial charge on any atom is -0.481 e. The molecule has 0 saturated carbocycles. The molecule has 1 aromatic heterocycles. The third-order valence-corrected chi connectivity index (χ3v) is 3.39. The van der Waals surface area contributed by atoms with Gasteiger partial charge < -0.3 is 5.11 Å². The zero-order valence-electron chi connectivity index (χ0n) is 10.8. The molecule has 0 atom stereocenters. The zero-order chi connectivity index (χ0) is 14.5. The van der Waals surface area contributed by atoms with Crippen molar-refractivity contribution in [1.29, 1.82) is 0 Å². The summed E-state index contributed by atoms with van der Waals surface area (Å²) in [5.74, 6) is -1.34. The van der Waals surface area contributed by atoms with Crippen LogP contribution in [0.1, 0.15) is 33.1 Å². The van der Waals surface area contributed by atoms with Gasteiger partial charge in [-0.1, -0.05) is 25.4 Å². The molecule has 19 heavy (non-hydrogen) atoms. The molecule has 6 nitrogen and oxygen atoms in total. The summed E-state index contributed by atoms with van der Waals surface area (Å²) >= 11 is 5.67. The van der Waals surface area contributed by atoms with Gasteiger partial charge in [0, 0.05) is 12.6 Å². The van der Waals surface area contributed by atoms with E-state index in [-0.39, 0.29) is 17.5 Å². The SMILES string of the molecule is CCC(CC)(CC(=O)Nc1nccc(Cl)n1)C(=O)O. The first-order valence-corrected chi connectivity index (χ1v) is 6.33. The molecular weight excluding hydrogens is 270 g/mol. The smallest absolute Gasteiger partial charge is 0.310 e. The van der Waals surface area contributed by atoms with Crippen LogP contribution in [0.5, 0.6) is 0 Å². The fourth-order valence-corrected chi connectivity index (χ4v) is 1.89. The van der Waals surface area contributed by atoms with E-state index in [1.807, 2.05) is 0 Å². The maximum absolute atomic E-state index is 11.9. The number of nitrogens with one attached hydrogen (secondary N) is 1. The fourth-order valence-electron chi connectivity index (χ4n) is 1.75. The number of aliphatic carboxylic acids is 1. The number of carboxylic acids is 1. The van der Waals surface area contributed by atoms with Crippen LogP contribution in [-0.2, 0) is 9.59 Å². The molecule has 0 bridgehead atoms. The lowest BCUT2D eigenvalue weighted by Gasteiger charge is -2.25. The fraction of sp³-hybridized carbons (Fsp3) is 0.500. The molecule has 104 valence electrons. The lowest BCUT2D eigenvalue weighted by atomic mass is 9.79. The lowest BCUT2D eigenvalue weighted by molar-refractivity contribution is -0.151. The third-order valence-electron chi connectivity index (χ3n) is 3.18. The molecule has 0 saturated heterocycles. The van der Waals surface area contributed by atoms with E-state index in [2.05, 4.69) is 15.3 Å². The predicted octanol–water partition coefficient (Wildman–Crippen LogP) is 2.35. The molecule has 0 fully saturated rings. The Morgan fingerprint density at radius 2 is 2.05 bits per heavy atom. The quantitative estimate of drug-likeness (QED) is 0.783. The van der Waals surface area contributed by atoms with Crippen molar-refractivity contribution in [2.45, 2.75) is 33.1 Å². The molecule has 0 aliphatic rings. The first-order chi connectivity index (χ1) is 8.93. The lowest BCUT2D eigenvalue weighted by Crippen LogP contribution is -2.34. The summed E-state index contributed by atoms with van der Waals surface area (Å²) in [6, 6.07) is 1.48. The molecule has 0 aliphatic heterocycles. The minimum absolute atomic E-state index is 0.0731. The van der Waals surface area contributed by atoms with Crippen LogP contribution in [0.15, 0.2) is 12.3 Å². The van der Waals surface area contributed by atoms with Crippen LogP contribution in [0, 0.1) is 5.41 Å². The molecule has 0 aliphatic carbocycles. The summed E-state index contributed by atoms with van der Waals surface area (Å²) in [6.45, 7) is 3.50. The van der Waals surface area contributed by atoms with E-state index >= 15 is 0 Å². The van der Waals surface area contributed by atoms with Gasteiger partial charge in [-0.3, -0.25) is 14.9 Å². The standard InChI is InChI=1S/C12H16ClN3O3/c1-3-12(4-2,10(18)19)7-9(17)16-11-14-6-5-8(13)15-11/h5-6H,3-4,7H2,1-2H3,(H,18,19)(H,14,15,16,17). The third kappa shape index (κ3) is 3.89. The first-order valence-electron chi connectivity index (χ1n) is 5.95.